The normalized spacial score (nSPS) is 11.3. The van der Waals surface area contributed by atoms with Crippen molar-refractivity contribution in [1.29, 1.82) is 0 Å². The monoisotopic (exact) mass is 714 g/mol. The molecule has 4 heteroatoms. The Bertz CT molecular complexity index is 650. The van der Waals surface area contributed by atoms with E-state index in [4.69, 9.17) is 9.47 Å². The summed E-state index contributed by atoms with van der Waals surface area (Å²) in [6.45, 7) is 6.12. The summed E-state index contributed by atoms with van der Waals surface area (Å²) in [5.74, 6) is 1.73. The first-order valence-corrected chi connectivity index (χ1v) is 20.0. The van der Waals surface area contributed by atoms with Crippen molar-refractivity contribution in [3.8, 4) is 11.5 Å². The molecule has 1 rings (SSSR count). The molecule has 0 saturated carbocycles. The average Bonchev–Trinajstić information content (AvgIpc) is 2.99. The molecule has 0 bridgehead atoms. The van der Waals surface area contributed by atoms with Gasteiger partial charge in [-0.05, 0) is 56.8 Å². The molecule has 0 N–H and O–H groups in total. The summed E-state index contributed by atoms with van der Waals surface area (Å²) in [7, 11) is 0. The molecule has 0 fully saturated rings. The van der Waals surface area contributed by atoms with E-state index < -0.39 is 0 Å². The molecule has 0 saturated heterocycles. The van der Waals surface area contributed by atoms with Crippen molar-refractivity contribution in [2.24, 2.45) is 0 Å². The predicted molar refractivity (Wildman–Crippen MR) is 193 cm³/mol. The van der Waals surface area contributed by atoms with Crippen LogP contribution < -0.4 is 9.47 Å². The van der Waals surface area contributed by atoms with Crippen molar-refractivity contribution in [2.75, 3.05) is 13.2 Å². The Morgan fingerprint density at radius 2 is 0.571 bits per heavy atom. The Morgan fingerprint density at radius 3 is 0.810 bits per heavy atom. The quantitative estimate of drug-likeness (QED) is 0.0691. The SMILES string of the molecule is CCCCCCCCCCCCCCCCOc1cc(Br)c(Br)cc1OCCCCCCCCCCCCCCCC. The highest BCUT2D eigenvalue weighted by Crippen LogP contribution is 2.36. The van der Waals surface area contributed by atoms with E-state index in [0.29, 0.717) is 0 Å². The van der Waals surface area contributed by atoms with Crippen molar-refractivity contribution >= 4 is 31.9 Å². The topological polar surface area (TPSA) is 18.5 Å². The number of halogens is 2. The van der Waals surface area contributed by atoms with Gasteiger partial charge in [-0.15, -0.1) is 0 Å². The minimum atomic E-state index is 0.765. The van der Waals surface area contributed by atoms with Crippen LogP contribution in [0, 0.1) is 0 Å². The first kappa shape index (κ1) is 39.8. The van der Waals surface area contributed by atoms with Crippen LogP contribution in [0.2, 0.25) is 0 Å². The minimum Gasteiger partial charge on any atom is -0.490 e. The zero-order valence-electron chi connectivity index (χ0n) is 27.9. The first-order chi connectivity index (χ1) is 20.7. The summed E-state index contributed by atoms with van der Waals surface area (Å²) in [5.41, 5.74) is 0. The van der Waals surface area contributed by atoms with Crippen molar-refractivity contribution in [2.45, 2.75) is 194 Å². The number of benzene rings is 1. The number of rotatable bonds is 32. The maximum absolute atomic E-state index is 6.18. The van der Waals surface area contributed by atoms with E-state index in [1.165, 1.54) is 167 Å². The van der Waals surface area contributed by atoms with E-state index in [-0.39, 0.29) is 0 Å². The lowest BCUT2D eigenvalue weighted by atomic mass is 10.0. The summed E-state index contributed by atoms with van der Waals surface area (Å²) in [6, 6.07) is 4.10. The molecule has 0 aromatic heterocycles. The van der Waals surface area contributed by atoms with Gasteiger partial charge in [0.2, 0.25) is 0 Å². The highest BCUT2D eigenvalue weighted by atomic mass is 79.9. The van der Waals surface area contributed by atoms with Crippen LogP contribution in [0.3, 0.4) is 0 Å². The van der Waals surface area contributed by atoms with Gasteiger partial charge in [-0.3, -0.25) is 0 Å². The van der Waals surface area contributed by atoms with Gasteiger partial charge >= 0.3 is 0 Å². The molecule has 246 valence electrons. The lowest BCUT2D eigenvalue weighted by Crippen LogP contribution is -2.03. The molecule has 0 heterocycles. The van der Waals surface area contributed by atoms with Crippen LogP contribution >= 0.6 is 31.9 Å². The Hall–Kier alpha value is -0.220. The van der Waals surface area contributed by atoms with E-state index in [0.717, 1.165) is 46.5 Å². The molecule has 0 aliphatic carbocycles. The minimum absolute atomic E-state index is 0.765. The van der Waals surface area contributed by atoms with Gasteiger partial charge in [0, 0.05) is 8.95 Å². The van der Waals surface area contributed by atoms with Crippen molar-refractivity contribution in [3.05, 3.63) is 21.1 Å². The van der Waals surface area contributed by atoms with Crippen LogP contribution in [0.1, 0.15) is 194 Å². The van der Waals surface area contributed by atoms with Gasteiger partial charge in [-0.25, -0.2) is 0 Å². The van der Waals surface area contributed by atoms with Gasteiger partial charge in [-0.1, -0.05) is 181 Å². The van der Waals surface area contributed by atoms with E-state index in [1.54, 1.807) is 0 Å². The lowest BCUT2D eigenvalue weighted by Gasteiger charge is -2.14. The Balaban J connectivity index is 2.03. The highest BCUT2D eigenvalue weighted by molar-refractivity contribution is 9.13. The zero-order valence-corrected chi connectivity index (χ0v) is 31.1. The van der Waals surface area contributed by atoms with E-state index in [9.17, 15) is 0 Å². The highest BCUT2D eigenvalue weighted by Gasteiger charge is 2.10. The van der Waals surface area contributed by atoms with Gasteiger partial charge in [0.05, 0.1) is 13.2 Å². The fourth-order valence-corrected chi connectivity index (χ4v) is 6.34. The van der Waals surface area contributed by atoms with Gasteiger partial charge in [0.25, 0.3) is 0 Å². The Kier molecular flexibility index (Phi) is 29.2. The molecule has 0 atom stereocenters. The van der Waals surface area contributed by atoms with E-state index in [1.807, 2.05) is 0 Å². The van der Waals surface area contributed by atoms with E-state index >= 15 is 0 Å². The second-order valence-corrected chi connectivity index (χ2v) is 14.3. The molecule has 1 aromatic rings. The Labute approximate surface area is 279 Å². The summed E-state index contributed by atoms with van der Waals surface area (Å²) >= 11 is 7.27. The van der Waals surface area contributed by atoms with Crippen LogP contribution in [0.25, 0.3) is 0 Å². The van der Waals surface area contributed by atoms with Crippen molar-refractivity contribution in [1.82, 2.24) is 0 Å². The van der Waals surface area contributed by atoms with Crippen LogP contribution in [0.15, 0.2) is 21.1 Å². The van der Waals surface area contributed by atoms with Crippen LogP contribution in [-0.4, -0.2) is 13.2 Å². The molecule has 0 radical (unpaired) electrons. The molecule has 0 amide bonds. The lowest BCUT2D eigenvalue weighted by molar-refractivity contribution is 0.258. The third-order valence-corrected chi connectivity index (χ3v) is 10.3. The molecule has 42 heavy (non-hydrogen) atoms. The van der Waals surface area contributed by atoms with Crippen molar-refractivity contribution in [3.63, 3.8) is 0 Å². The fourth-order valence-electron chi connectivity index (χ4n) is 5.69. The summed E-state index contributed by atoms with van der Waals surface area (Å²) in [5, 5.41) is 0. The van der Waals surface area contributed by atoms with E-state index in [2.05, 4.69) is 57.8 Å². The number of unbranched alkanes of at least 4 members (excludes halogenated alkanes) is 26. The van der Waals surface area contributed by atoms with Crippen LogP contribution in [0.5, 0.6) is 11.5 Å². The molecule has 1 aromatic carbocycles. The number of ether oxygens (including phenoxy) is 2. The largest absolute Gasteiger partial charge is 0.490 e. The number of hydrogen-bond donors (Lipinski definition) is 0. The molecule has 2 nitrogen and oxygen atoms in total. The second-order valence-electron chi connectivity index (χ2n) is 12.6. The van der Waals surface area contributed by atoms with Gasteiger partial charge in [0.1, 0.15) is 0 Å². The fraction of sp³-hybridized carbons (Fsp3) is 0.842. The smallest absolute Gasteiger partial charge is 0.162 e. The molecular weight excluding hydrogens is 648 g/mol. The first-order valence-electron chi connectivity index (χ1n) is 18.4. The molecule has 0 unspecified atom stereocenters. The summed E-state index contributed by atoms with van der Waals surface area (Å²) < 4.78 is 14.4. The third kappa shape index (κ3) is 24.1. The van der Waals surface area contributed by atoms with Gasteiger partial charge in [-0.2, -0.15) is 0 Å². The number of hydrogen-bond acceptors (Lipinski definition) is 2. The maximum Gasteiger partial charge on any atom is 0.162 e. The molecular formula is C38H68Br2O2. The molecule has 0 aliphatic rings. The zero-order chi connectivity index (χ0) is 30.4. The van der Waals surface area contributed by atoms with Crippen LogP contribution in [-0.2, 0) is 0 Å². The van der Waals surface area contributed by atoms with Gasteiger partial charge in [0.15, 0.2) is 11.5 Å². The molecule has 0 spiro atoms. The van der Waals surface area contributed by atoms with Crippen molar-refractivity contribution < 1.29 is 9.47 Å². The van der Waals surface area contributed by atoms with Gasteiger partial charge < -0.3 is 9.47 Å². The predicted octanol–water partition coefficient (Wildman–Crippen LogP) is 14.9. The summed E-state index contributed by atoms with van der Waals surface area (Å²) in [6.07, 6.45) is 38.6. The summed E-state index contributed by atoms with van der Waals surface area (Å²) in [4.78, 5) is 0. The maximum atomic E-state index is 6.18. The Morgan fingerprint density at radius 1 is 0.357 bits per heavy atom. The van der Waals surface area contributed by atoms with Crippen LogP contribution in [0.4, 0.5) is 0 Å². The standard InChI is InChI=1S/C38H68Br2O2/c1-3-5-7-9-11-13-15-17-19-21-23-25-27-29-31-41-37-33-35(39)36(40)34-38(37)42-32-30-28-26-24-22-20-18-16-14-12-10-8-6-4-2/h33-34H,3-32H2,1-2H3. The second kappa shape index (κ2) is 30.8. The average molecular weight is 717 g/mol. The molecule has 0 aliphatic heterocycles. The third-order valence-electron chi connectivity index (χ3n) is 8.50.